The number of aromatic nitrogens is 2. The lowest BCUT2D eigenvalue weighted by atomic mass is 9.84. The maximum absolute atomic E-state index is 4.21. The largest absolute Gasteiger partial charge is 0.268 e. The van der Waals surface area contributed by atoms with Gasteiger partial charge in [0, 0.05) is 12.6 Å². The quantitative estimate of drug-likeness (QED) is 0.700. The van der Waals surface area contributed by atoms with Gasteiger partial charge in [0.25, 0.3) is 0 Å². The highest BCUT2D eigenvalue weighted by molar-refractivity contribution is 5.72. The molecule has 0 atom stereocenters. The third-order valence-electron chi connectivity index (χ3n) is 2.38. The predicted molar refractivity (Wildman–Crippen MR) is 61.8 cm³/mol. The fourth-order valence-electron chi connectivity index (χ4n) is 1.33. The van der Waals surface area contributed by atoms with E-state index in [1.54, 1.807) is 0 Å². The molecule has 1 aromatic heterocycles. The molecule has 76 valence electrons. The van der Waals surface area contributed by atoms with E-state index in [1.165, 1.54) is 0 Å². The zero-order chi connectivity index (χ0) is 10.9. The van der Waals surface area contributed by atoms with Crippen LogP contribution in [0.15, 0.2) is 19.4 Å². The van der Waals surface area contributed by atoms with E-state index in [1.807, 2.05) is 24.0 Å². The van der Waals surface area contributed by atoms with Crippen LogP contribution in [0.3, 0.4) is 0 Å². The number of hydrogen-bond acceptors (Lipinski definition) is 1. The van der Waals surface area contributed by atoms with E-state index in [9.17, 15) is 0 Å². The van der Waals surface area contributed by atoms with Crippen molar-refractivity contribution in [2.45, 2.75) is 20.8 Å². The van der Waals surface area contributed by atoms with Gasteiger partial charge in [-0.15, -0.1) is 0 Å². The van der Waals surface area contributed by atoms with Crippen LogP contribution in [0.1, 0.15) is 32.0 Å². The molecule has 0 unspecified atom stereocenters. The molecule has 0 bridgehead atoms. The molecule has 14 heavy (non-hydrogen) atoms. The number of allylic oxidation sites excluding steroid dienone is 1. The van der Waals surface area contributed by atoms with E-state index in [2.05, 4.69) is 39.0 Å². The maximum Gasteiger partial charge on any atom is 0.0710 e. The summed E-state index contributed by atoms with van der Waals surface area (Å²) < 4.78 is 1.85. The molecule has 0 fully saturated rings. The Hall–Kier alpha value is -1.31. The number of aryl methyl sites for hydroxylation is 1. The van der Waals surface area contributed by atoms with Crippen LogP contribution in [0.2, 0.25) is 0 Å². The second-order valence-electron chi connectivity index (χ2n) is 4.50. The van der Waals surface area contributed by atoms with Gasteiger partial charge < -0.3 is 0 Å². The van der Waals surface area contributed by atoms with Gasteiger partial charge in [-0.2, -0.15) is 5.10 Å². The van der Waals surface area contributed by atoms with Gasteiger partial charge in [-0.1, -0.05) is 40.0 Å². The summed E-state index contributed by atoms with van der Waals surface area (Å²) in [7, 11) is 1.93. The molecule has 0 spiro atoms. The normalized spacial score (nSPS) is 11.4. The van der Waals surface area contributed by atoms with Gasteiger partial charge in [0.15, 0.2) is 0 Å². The Morgan fingerprint density at radius 1 is 1.50 bits per heavy atom. The lowest BCUT2D eigenvalue weighted by Gasteiger charge is -2.22. The summed E-state index contributed by atoms with van der Waals surface area (Å²) in [5.74, 6) is 0. The average Bonchev–Trinajstić information content (AvgIpc) is 2.43. The first-order valence-corrected chi connectivity index (χ1v) is 4.72. The smallest absolute Gasteiger partial charge is 0.0710 e. The second-order valence-corrected chi connectivity index (χ2v) is 4.50. The number of hydrogen-bond donors (Lipinski definition) is 0. The van der Waals surface area contributed by atoms with Crippen molar-refractivity contribution in [1.29, 1.82) is 0 Å². The highest BCUT2D eigenvalue weighted by Crippen LogP contribution is 2.33. The van der Waals surface area contributed by atoms with Crippen LogP contribution >= 0.6 is 0 Å². The Balaban J connectivity index is 3.24. The van der Waals surface area contributed by atoms with Crippen LogP contribution in [0, 0.1) is 5.41 Å². The van der Waals surface area contributed by atoms with Crippen molar-refractivity contribution in [1.82, 2.24) is 9.78 Å². The minimum atomic E-state index is 0.0611. The third kappa shape index (κ3) is 1.79. The van der Waals surface area contributed by atoms with Crippen molar-refractivity contribution < 1.29 is 0 Å². The summed E-state index contributed by atoms with van der Waals surface area (Å²) >= 11 is 0. The molecular weight excluding hydrogens is 172 g/mol. The van der Waals surface area contributed by atoms with Crippen molar-refractivity contribution in [2.24, 2.45) is 12.5 Å². The van der Waals surface area contributed by atoms with Gasteiger partial charge in [0.05, 0.1) is 11.9 Å². The Morgan fingerprint density at radius 3 is 2.50 bits per heavy atom. The molecule has 1 heterocycles. The average molecular weight is 190 g/mol. The monoisotopic (exact) mass is 190 g/mol. The van der Waals surface area contributed by atoms with Crippen LogP contribution in [-0.4, -0.2) is 9.78 Å². The van der Waals surface area contributed by atoms with Crippen molar-refractivity contribution in [3.8, 4) is 0 Å². The molecule has 1 rings (SSSR count). The molecule has 0 saturated heterocycles. The molecular formula is C12H18N2. The topological polar surface area (TPSA) is 17.8 Å². The van der Waals surface area contributed by atoms with Crippen LogP contribution < -0.4 is 0 Å². The van der Waals surface area contributed by atoms with E-state index in [4.69, 9.17) is 0 Å². The highest BCUT2D eigenvalue weighted by atomic mass is 15.3. The summed E-state index contributed by atoms with van der Waals surface area (Å²) in [6.45, 7) is 14.3. The van der Waals surface area contributed by atoms with E-state index >= 15 is 0 Å². The number of nitrogens with zero attached hydrogens (tertiary/aromatic N) is 2. The van der Waals surface area contributed by atoms with E-state index in [0.29, 0.717) is 0 Å². The first-order chi connectivity index (χ1) is 6.38. The molecule has 0 aliphatic carbocycles. The van der Waals surface area contributed by atoms with Crippen LogP contribution in [0.5, 0.6) is 0 Å². The van der Waals surface area contributed by atoms with Gasteiger partial charge >= 0.3 is 0 Å². The maximum atomic E-state index is 4.21. The Kier molecular flexibility index (Phi) is 2.65. The summed E-state index contributed by atoms with van der Waals surface area (Å²) in [6, 6.07) is 0. The summed E-state index contributed by atoms with van der Waals surface area (Å²) in [4.78, 5) is 0. The van der Waals surface area contributed by atoms with Crippen molar-refractivity contribution in [2.75, 3.05) is 0 Å². The standard InChI is InChI=1S/C12H18N2/c1-7-10-8-13-14(6)11(10)9(2)12(3,4)5/h7-8H,1-2H2,3-6H3. The second kappa shape index (κ2) is 3.45. The molecule has 0 aliphatic heterocycles. The first-order valence-electron chi connectivity index (χ1n) is 4.72. The van der Waals surface area contributed by atoms with Gasteiger partial charge in [-0.05, 0) is 11.0 Å². The zero-order valence-electron chi connectivity index (χ0n) is 9.46. The fraction of sp³-hybridized carbons (Fsp3) is 0.417. The van der Waals surface area contributed by atoms with E-state index in [0.717, 1.165) is 16.8 Å². The highest BCUT2D eigenvalue weighted by Gasteiger charge is 2.21. The molecule has 0 amide bonds. The molecule has 0 radical (unpaired) electrons. The van der Waals surface area contributed by atoms with Crippen molar-refractivity contribution >= 4 is 11.6 Å². The predicted octanol–water partition coefficient (Wildman–Crippen LogP) is 3.12. The lowest BCUT2D eigenvalue weighted by Crippen LogP contribution is -2.11. The molecule has 0 saturated carbocycles. The Bertz CT molecular complexity index is 364. The van der Waals surface area contributed by atoms with Crippen LogP contribution in [-0.2, 0) is 7.05 Å². The minimum absolute atomic E-state index is 0.0611. The molecule has 1 aromatic rings. The van der Waals surface area contributed by atoms with Gasteiger partial charge in [0.1, 0.15) is 0 Å². The van der Waals surface area contributed by atoms with Crippen molar-refractivity contribution in [3.63, 3.8) is 0 Å². The summed E-state index contributed by atoms with van der Waals surface area (Å²) in [5.41, 5.74) is 3.28. The molecule has 0 aliphatic rings. The van der Waals surface area contributed by atoms with Crippen LogP contribution in [0.4, 0.5) is 0 Å². The van der Waals surface area contributed by atoms with E-state index < -0.39 is 0 Å². The molecule has 0 aromatic carbocycles. The van der Waals surface area contributed by atoms with Gasteiger partial charge in [-0.3, -0.25) is 4.68 Å². The van der Waals surface area contributed by atoms with Crippen LogP contribution in [0.25, 0.3) is 11.6 Å². The van der Waals surface area contributed by atoms with Gasteiger partial charge in [0.2, 0.25) is 0 Å². The van der Waals surface area contributed by atoms with E-state index in [-0.39, 0.29) is 5.41 Å². The summed E-state index contributed by atoms with van der Waals surface area (Å²) in [5, 5.41) is 4.21. The number of rotatable bonds is 2. The molecule has 2 heteroatoms. The first kappa shape index (κ1) is 10.8. The molecule has 0 N–H and O–H groups in total. The Morgan fingerprint density at radius 2 is 2.07 bits per heavy atom. The lowest BCUT2D eigenvalue weighted by molar-refractivity contribution is 0.559. The van der Waals surface area contributed by atoms with Gasteiger partial charge in [-0.25, -0.2) is 0 Å². The Labute approximate surface area is 85.9 Å². The molecule has 2 nitrogen and oxygen atoms in total. The van der Waals surface area contributed by atoms with Crippen molar-refractivity contribution in [3.05, 3.63) is 30.6 Å². The summed E-state index contributed by atoms with van der Waals surface area (Å²) in [6.07, 6.45) is 3.64. The third-order valence-corrected chi connectivity index (χ3v) is 2.38. The fourth-order valence-corrected chi connectivity index (χ4v) is 1.33. The SMILES string of the molecule is C=Cc1cnn(C)c1C(=C)C(C)(C)C. The zero-order valence-corrected chi connectivity index (χ0v) is 9.46. The minimum Gasteiger partial charge on any atom is -0.268 e.